The molecule has 0 aliphatic rings. The molecule has 0 aliphatic carbocycles. The zero-order valence-corrected chi connectivity index (χ0v) is 6.48. The second-order valence-corrected chi connectivity index (χ2v) is 2.19. The van der Waals surface area contributed by atoms with E-state index in [0.29, 0.717) is 18.5 Å². The minimum Gasteiger partial charge on any atom is -0.375 e. The number of hydrogen-bond donors (Lipinski definition) is 1. The number of ether oxygens (including phenoxy) is 1. The van der Waals surface area contributed by atoms with E-state index in [9.17, 15) is 0 Å². The van der Waals surface area contributed by atoms with E-state index in [1.807, 2.05) is 6.92 Å². The van der Waals surface area contributed by atoms with Gasteiger partial charge in [0.1, 0.15) is 0 Å². The minimum atomic E-state index is 0.412. The van der Waals surface area contributed by atoms with Crippen LogP contribution in [-0.2, 0) is 11.3 Å². The molecule has 0 amide bonds. The zero-order valence-electron chi connectivity index (χ0n) is 5.72. The summed E-state index contributed by atoms with van der Waals surface area (Å²) in [4.78, 5) is 6.64. The fourth-order valence-electron chi connectivity index (χ4n) is 0.617. The van der Waals surface area contributed by atoms with Gasteiger partial charge in [0.15, 0.2) is 5.28 Å². The molecule has 0 unspecified atom stereocenters. The molecule has 0 bridgehead atoms. The maximum absolute atomic E-state index is 5.52. The first-order chi connectivity index (χ1) is 4.83. The number of rotatable bonds is 3. The third-order valence-corrected chi connectivity index (χ3v) is 1.25. The van der Waals surface area contributed by atoms with Crippen LogP contribution >= 0.6 is 11.6 Å². The van der Waals surface area contributed by atoms with E-state index >= 15 is 0 Å². The lowest BCUT2D eigenvalue weighted by Gasteiger charge is -1.94. The summed E-state index contributed by atoms with van der Waals surface area (Å²) in [5.74, 6) is 0. The second kappa shape index (κ2) is 3.58. The maximum atomic E-state index is 5.52. The molecule has 1 aromatic heterocycles. The first-order valence-electron chi connectivity index (χ1n) is 3.10. The van der Waals surface area contributed by atoms with Gasteiger partial charge < -0.3 is 9.72 Å². The van der Waals surface area contributed by atoms with Crippen LogP contribution in [0.4, 0.5) is 0 Å². The molecule has 0 saturated carbocycles. The van der Waals surface area contributed by atoms with Crippen LogP contribution < -0.4 is 0 Å². The Morgan fingerprint density at radius 1 is 1.80 bits per heavy atom. The average molecular weight is 161 g/mol. The number of halogens is 1. The molecule has 3 nitrogen and oxygen atoms in total. The molecule has 0 aromatic carbocycles. The van der Waals surface area contributed by atoms with Crippen molar-refractivity contribution in [2.24, 2.45) is 0 Å². The molecule has 56 valence electrons. The molecule has 0 aliphatic heterocycles. The van der Waals surface area contributed by atoms with Crippen molar-refractivity contribution in [3.8, 4) is 0 Å². The molecule has 1 aromatic rings. The Hall–Kier alpha value is -0.540. The SMILES string of the molecule is CCOCc1cnc(Cl)[nH]1. The number of hydrogen-bond acceptors (Lipinski definition) is 2. The smallest absolute Gasteiger partial charge is 0.200 e. The highest BCUT2D eigenvalue weighted by atomic mass is 35.5. The summed E-state index contributed by atoms with van der Waals surface area (Å²) in [6.45, 7) is 3.20. The summed E-state index contributed by atoms with van der Waals surface area (Å²) in [5.41, 5.74) is 0.909. The molecule has 0 radical (unpaired) electrons. The highest BCUT2D eigenvalue weighted by molar-refractivity contribution is 6.28. The average Bonchev–Trinajstić information content (AvgIpc) is 2.31. The van der Waals surface area contributed by atoms with Gasteiger partial charge in [-0.2, -0.15) is 0 Å². The van der Waals surface area contributed by atoms with Crippen LogP contribution in [0.1, 0.15) is 12.6 Å². The van der Waals surface area contributed by atoms with Crippen LogP contribution in [0.25, 0.3) is 0 Å². The minimum absolute atomic E-state index is 0.412. The summed E-state index contributed by atoms with van der Waals surface area (Å²) in [6.07, 6.45) is 1.66. The Kier molecular flexibility index (Phi) is 2.71. The van der Waals surface area contributed by atoms with Crippen LogP contribution in [0, 0.1) is 0 Å². The van der Waals surface area contributed by atoms with Gasteiger partial charge in [0.05, 0.1) is 18.5 Å². The van der Waals surface area contributed by atoms with Crippen molar-refractivity contribution in [3.63, 3.8) is 0 Å². The van der Waals surface area contributed by atoms with Crippen molar-refractivity contribution in [3.05, 3.63) is 17.2 Å². The van der Waals surface area contributed by atoms with Gasteiger partial charge in [0.2, 0.25) is 0 Å². The van der Waals surface area contributed by atoms with Crippen molar-refractivity contribution in [2.75, 3.05) is 6.61 Å². The predicted octanol–water partition coefficient (Wildman–Crippen LogP) is 1.60. The quantitative estimate of drug-likeness (QED) is 0.730. The number of nitrogens with one attached hydrogen (secondary N) is 1. The zero-order chi connectivity index (χ0) is 7.40. The van der Waals surface area contributed by atoms with Crippen LogP contribution in [0.3, 0.4) is 0 Å². The van der Waals surface area contributed by atoms with E-state index in [-0.39, 0.29) is 0 Å². The molecule has 1 N–H and O–H groups in total. The standard InChI is InChI=1S/C6H9ClN2O/c1-2-10-4-5-3-8-6(7)9-5/h3H,2,4H2,1H3,(H,8,9). The van der Waals surface area contributed by atoms with Crippen LogP contribution in [0.5, 0.6) is 0 Å². The molecule has 4 heteroatoms. The van der Waals surface area contributed by atoms with Gasteiger partial charge in [-0.3, -0.25) is 0 Å². The second-order valence-electron chi connectivity index (χ2n) is 1.84. The molecule has 10 heavy (non-hydrogen) atoms. The summed E-state index contributed by atoms with van der Waals surface area (Å²) >= 11 is 5.52. The van der Waals surface area contributed by atoms with Gasteiger partial charge in [0.25, 0.3) is 0 Å². The summed E-state index contributed by atoms with van der Waals surface area (Å²) in [5, 5.41) is 0.412. The van der Waals surface area contributed by atoms with Crippen molar-refractivity contribution in [1.82, 2.24) is 9.97 Å². The molecule has 0 spiro atoms. The predicted molar refractivity (Wildman–Crippen MR) is 38.9 cm³/mol. The molecule has 1 rings (SSSR count). The molecule has 0 atom stereocenters. The van der Waals surface area contributed by atoms with Gasteiger partial charge in [-0.05, 0) is 18.5 Å². The number of aromatic amines is 1. The van der Waals surface area contributed by atoms with Crippen molar-refractivity contribution < 1.29 is 4.74 Å². The van der Waals surface area contributed by atoms with Crippen LogP contribution in [0.2, 0.25) is 5.28 Å². The Balaban J connectivity index is 2.42. The number of nitrogens with zero attached hydrogens (tertiary/aromatic N) is 1. The topological polar surface area (TPSA) is 37.9 Å². The third-order valence-electron chi connectivity index (χ3n) is 1.06. The Morgan fingerprint density at radius 2 is 2.60 bits per heavy atom. The van der Waals surface area contributed by atoms with Gasteiger partial charge >= 0.3 is 0 Å². The molecular formula is C6H9ClN2O. The van der Waals surface area contributed by atoms with Crippen molar-refractivity contribution >= 4 is 11.6 Å². The molecule has 0 saturated heterocycles. The Morgan fingerprint density at radius 3 is 3.10 bits per heavy atom. The Bertz CT molecular complexity index is 199. The van der Waals surface area contributed by atoms with E-state index < -0.39 is 0 Å². The van der Waals surface area contributed by atoms with Crippen LogP contribution in [-0.4, -0.2) is 16.6 Å². The lowest BCUT2D eigenvalue weighted by atomic mass is 10.5. The number of aromatic nitrogens is 2. The monoisotopic (exact) mass is 160 g/mol. The molecule has 1 heterocycles. The van der Waals surface area contributed by atoms with Gasteiger partial charge in [-0.1, -0.05) is 0 Å². The van der Waals surface area contributed by atoms with Crippen LogP contribution in [0.15, 0.2) is 6.20 Å². The van der Waals surface area contributed by atoms with Gasteiger partial charge in [-0.25, -0.2) is 4.98 Å². The first-order valence-corrected chi connectivity index (χ1v) is 3.48. The first kappa shape index (κ1) is 7.57. The lowest BCUT2D eigenvalue weighted by Crippen LogP contribution is -1.90. The fraction of sp³-hybridized carbons (Fsp3) is 0.500. The highest BCUT2D eigenvalue weighted by Gasteiger charge is 1.95. The van der Waals surface area contributed by atoms with Crippen molar-refractivity contribution in [1.29, 1.82) is 0 Å². The summed E-state index contributed by atoms with van der Waals surface area (Å²) in [6, 6.07) is 0. The third kappa shape index (κ3) is 2.01. The summed E-state index contributed by atoms with van der Waals surface area (Å²) in [7, 11) is 0. The number of imidazole rings is 1. The van der Waals surface area contributed by atoms with E-state index in [1.165, 1.54) is 0 Å². The van der Waals surface area contributed by atoms with Gasteiger partial charge in [-0.15, -0.1) is 0 Å². The molecular weight excluding hydrogens is 152 g/mol. The lowest BCUT2D eigenvalue weighted by molar-refractivity contribution is 0.131. The van der Waals surface area contributed by atoms with Gasteiger partial charge in [0, 0.05) is 6.61 Å². The molecule has 0 fully saturated rings. The highest BCUT2D eigenvalue weighted by Crippen LogP contribution is 2.02. The number of H-pyrrole nitrogens is 1. The van der Waals surface area contributed by atoms with E-state index in [0.717, 1.165) is 5.69 Å². The van der Waals surface area contributed by atoms with E-state index in [2.05, 4.69) is 9.97 Å². The fourth-order valence-corrected chi connectivity index (χ4v) is 0.787. The van der Waals surface area contributed by atoms with E-state index in [4.69, 9.17) is 16.3 Å². The summed E-state index contributed by atoms with van der Waals surface area (Å²) < 4.78 is 5.10. The Labute approximate surface area is 64.4 Å². The largest absolute Gasteiger partial charge is 0.375 e. The van der Waals surface area contributed by atoms with E-state index in [1.54, 1.807) is 6.20 Å². The van der Waals surface area contributed by atoms with Crippen molar-refractivity contribution in [2.45, 2.75) is 13.5 Å². The normalized spacial score (nSPS) is 10.2. The maximum Gasteiger partial charge on any atom is 0.200 e.